The third kappa shape index (κ3) is 5.51. The highest BCUT2D eigenvalue weighted by atomic mass is 32.2. The number of piperidine rings is 1. The van der Waals surface area contributed by atoms with Crippen LogP contribution in [0.1, 0.15) is 40.7 Å². The summed E-state index contributed by atoms with van der Waals surface area (Å²) in [5, 5.41) is 2.83. The van der Waals surface area contributed by atoms with Crippen LogP contribution < -0.4 is 14.9 Å². The molecule has 0 radical (unpaired) electrons. The Morgan fingerprint density at radius 1 is 0.909 bits per heavy atom. The zero-order valence-electron chi connectivity index (χ0n) is 18.8. The predicted molar refractivity (Wildman–Crippen MR) is 131 cm³/mol. The number of rotatable bonds is 6. The molecule has 0 bridgehead atoms. The average Bonchev–Trinajstić information content (AvgIpc) is 2.81. The molecule has 0 unspecified atom stereocenters. The van der Waals surface area contributed by atoms with Crippen molar-refractivity contribution >= 4 is 33.1 Å². The van der Waals surface area contributed by atoms with Gasteiger partial charge in [0, 0.05) is 24.3 Å². The van der Waals surface area contributed by atoms with Crippen LogP contribution in [0, 0.1) is 13.8 Å². The van der Waals surface area contributed by atoms with Gasteiger partial charge in [0.15, 0.2) is 0 Å². The monoisotopic (exact) mass is 464 g/mol. The quantitative estimate of drug-likeness (QED) is 0.550. The number of amides is 1. The lowest BCUT2D eigenvalue weighted by Gasteiger charge is -2.27. The number of aryl methyl sites for hydroxylation is 2. The van der Waals surface area contributed by atoms with Gasteiger partial charge in [0.1, 0.15) is 5.82 Å². The van der Waals surface area contributed by atoms with E-state index in [0.717, 1.165) is 37.3 Å². The van der Waals surface area contributed by atoms with E-state index in [1.54, 1.807) is 31.3 Å². The molecule has 4 rings (SSSR count). The molecule has 1 aromatic heterocycles. The summed E-state index contributed by atoms with van der Waals surface area (Å²) in [6, 6.07) is 15.3. The van der Waals surface area contributed by atoms with Gasteiger partial charge >= 0.3 is 0 Å². The van der Waals surface area contributed by atoms with Gasteiger partial charge in [-0.1, -0.05) is 23.8 Å². The van der Waals surface area contributed by atoms with Gasteiger partial charge in [-0.25, -0.2) is 13.4 Å². The van der Waals surface area contributed by atoms with Gasteiger partial charge in [-0.15, -0.1) is 0 Å². The Labute approximate surface area is 194 Å². The van der Waals surface area contributed by atoms with Crippen molar-refractivity contribution in [3.63, 3.8) is 0 Å². The van der Waals surface area contributed by atoms with Crippen LogP contribution in [0.15, 0.2) is 65.7 Å². The Kier molecular flexibility index (Phi) is 6.65. The number of pyridine rings is 1. The minimum atomic E-state index is -3.84. The maximum absolute atomic E-state index is 12.9. The van der Waals surface area contributed by atoms with Gasteiger partial charge in [-0.05, 0) is 75.1 Å². The van der Waals surface area contributed by atoms with Crippen molar-refractivity contribution < 1.29 is 13.2 Å². The van der Waals surface area contributed by atoms with Crippen LogP contribution in [-0.2, 0) is 10.0 Å². The molecular formula is C25H28N4O3S. The summed E-state index contributed by atoms with van der Waals surface area (Å²) in [6.07, 6.45) is 5.21. The Bertz CT molecular complexity index is 1230. The highest BCUT2D eigenvalue weighted by Crippen LogP contribution is 2.22. The number of carbonyl (C=O) groups excluding carboxylic acids is 1. The van der Waals surface area contributed by atoms with Crippen molar-refractivity contribution in [2.24, 2.45) is 0 Å². The number of hydrogen-bond acceptors (Lipinski definition) is 5. The molecule has 33 heavy (non-hydrogen) atoms. The molecule has 2 aromatic carbocycles. The first-order valence-electron chi connectivity index (χ1n) is 11.0. The lowest BCUT2D eigenvalue weighted by atomic mass is 10.1. The van der Waals surface area contributed by atoms with E-state index in [0.29, 0.717) is 22.5 Å². The Hall–Kier alpha value is -3.39. The molecule has 1 saturated heterocycles. The molecular weight excluding hydrogens is 436 g/mol. The van der Waals surface area contributed by atoms with E-state index in [1.807, 2.05) is 31.2 Å². The molecule has 8 heteroatoms. The van der Waals surface area contributed by atoms with Gasteiger partial charge in [-0.3, -0.25) is 9.52 Å². The molecule has 7 nitrogen and oxygen atoms in total. The average molecular weight is 465 g/mol. The molecule has 1 amide bonds. The van der Waals surface area contributed by atoms with E-state index in [9.17, 15) is 13.2 Å². The van der Waals surface area contributed by atoms with Gasteiger partial charge in [0.2, 0.25) is 0 Å². The lowest BCUT2D eigenvalue weighted by molar-refractivity contribution is 0.102. The number of hydrogen-bond donors (Lipinski definition) is 2. The zero-order chi connectivity index (χ0) is 23.4. The Morgan fingerprint density at radius 2 is 1.61 bits per heavy atom. The van der Waals surface area contributed by atoms with Crippen molar-refractivity contribution in [3.8, 4) is 0 Å². The number of carbonyl (C=O) groups is 1. The number of benzene rings is 2. The maximum atomic E-state index is 12.9. The van der Waals surface area contributed by atoms with Crippen LogP contribution in [0.25, 0.3) is 0 Å². The van der Waals surface area contributed by atoms with Crippen LogP contribution in [0.5, 0.6) is 0 Å². The van der Waals surface area contributed by atoms with Crippen LogP contribution in [-0.4, -0.2) is 32.4 Å². The third-order valence-corrected chi connectivity index (χ3v) is 7.13. The van der Waals surface area contributed by atoms with E-state index in [4.69, 9.17) is 0 Å². The molecule has 0 aliphatic carbocycles. The first-order chi connectivity index (χ1) is 15.8. The first-order valence-corrected chi connectivity index (χ1v) is 12.5. The normalized spacial score (nSPS) is 14.1. The molecule has 2 N–H and O–H groups in total. The molecule has 1 aliphatic rings. The highest BCUT2D eigenvalue weighted by Gasteiger charge is 2.19. The van der Waals surface area contributed by atoms with E-state index in [2.05, 4.69) is 19.9 Å². The third-order valence-electron chi connectivity index (χ3n) is 5.75. The standard InChI is InChI=1S/C25H28N4O3S/c1-18-6-9-20(10-7-18)28-33(31,32)22-12-8-19(2)23(16-22)25(30)27-21-11-13-24(26-17-21)29-14-4-3-5-15-29/h6-13,16-17,28H,3-5,14-15H2,1-2H3,(H,27,30). The summed E-state index contributed by atoms with van der Waals surface area (Å²) in [7, 11) is -3.84. The van der Waals surface area contributed by atoms with Crippen LogP contribution in [0.2, 0.25) is 0 Å². The van der Waals surface area contributed by atoms with Gasteiger partial charge in [0.25, 0.3) is 15.9 Å². The molecule has 0 saturated carbocycles. The Morgan fingerprint density at radius 3 is 2.27 bits per heavy atom. The second-order valence-electron chi connectivity index (χ2n) is 8.36. The number of nitrogens with zero attached hydrogens (tertiary/aromatic N) is 2. The summed E-state index contributed by atoms with van der Waals surface area (Å²) >= 11 is 0. The summed E-state index contributed by atoms with van der Waals surface area (Å²) in [5.41, 5.74) is 3.03. The fraction of sp³-hybridized carbons (Fsp3) is 0.280. The van der Waals surface area contributed by atoms with Gasteiger partial charge in [-0.2, -0.15) is 0 Å². The number of sulfonamides is 1. The van der Waals surface area contributed by atoms with Crippen LogP contribution >= 0.6 is 0 Å². The second kappa shape index (κ2) is 9.62. The fourth-order valence-electron chi connectivity index (χ4n) is 3.82. The van der Waals surface area contributed by atoms with Crippen molar-refractivity contribution in [3.05, 3.63) is 77.5 Å². The fourth-order valence-corrected chi connectivity index (χ4v) is 4.90. The Balaban J connectivity index is 1.49. The molecule has 1 aliphatic heterocycles. The van der Waals surface area contributed by atoms with Crippen molar-refractivity contribution in [2.45, 2.75) is 38.0 Å². The van der Waals surface area contributed by atoms with Crippen molar-refractivity contribution in [1.29, 1.82) is 0 Å². The molecule has 172 valence electrons. The lowest BCUT2D eigenvalue weighted by Crippen LogP contribution is -2.30. The summed E-state index contributed by atoms with van der Waals surface area (Å²) in [6.45, 7) is 5.70. The maximum Gasteiger partial charge on any atom is 0.261 e. The summed E-state index contributed by atoms with van der Waals surface area (Å²) in [5.74, 6) is 0.520. The smallest absolute Gasteiger partial charge is 0.261 e. The van der Waals surface area contributed by atoms with Gasteiger partial charge in [0.05, 0.1) is 16.8 Å². The minimum absolute atomic E-state index is 0.0254. The summed E-state index contributed by atoms with van der Waals surface area (Å²) in [4.78, 5) is 19.7. The molecule has 2 heterocycles. The van der Waals surface area contributed by atoms with E-state index < -0.39 is 10.0 Å². The topological polar surface area (TPSA) is 91.4 Å². The van der Waals surface area contributed by atoms with E-state index in [-0.39, 0.29) is 10.8 Å². The van der Waals surface area contributed by atoms with E-state index >= 15 is 0 Å². The minimum Gasteiger partial charge on any atom is -0.357 e. The zero-order valence-corrected chi connectivity index (χ0v) is 19.7. The van der Waals surface area contributed by atoms with Crippen molar-refractivity contribution in [1.82, 2.24) is 4.98 Å². The highest BCUT2D eigenvalue weighted by molar-refractivity contribution is 7.92. The number of anilines is 3. The molecule has 0 spiro atoms. The van der Waals surface area contributed by atoms with Crippen LogP contribution in [0.3, 0.4) is 0 Å². The molecule has 1 fully saturated rings. The van der Waals surface area contributed by atoms with Gasteiger partial charge < -0.3 is 10.2 Å². The number of aromatic nitrogens is 1. The number of nitrogens with one attached hydrogen (secondary N) is 2. The summed E-state index contributed by atoms with van der Waals surface area (Å²) < 4.78 is 28.3. The molecule has 0 atom stereocenters. The first kappa shape index (κ1) is 22.8. The molecule has 3 aromatic rings. The largest absolute Gasteiger partial charge is 0.357 e. The SMILES string of the molecule is Cc1ccc(NS(=O)(=O)c2ccc(C)c(C(=O)Nc3ccc(N4CCCCC4)nc3)c2)cc1. The van der Waals surface area contributed by atoms with Crippen molar-refractivity contribution in [2.75, 3.05) is 28.0 Å². The predicted octanol–water partition coefficient (Wildman–Crippen LogP) is 4.74. The van der Waals surface area contributed by atoms with Crippen LogP contribution in [0.4, 0.5) is 17.2 Å². The second-order valence-corrected chi connectivity index (χ2v) is 10.0. The van der Waals surface area contributed by atoms with E-state index in [1.165, 1.54) is 18.6 Å².